The number of fused-ring (bicyclic) bond motifs is 1. The Labute approximate surface area is 136 Å². The zero-order valence-electron chi connectivity index (χ0n) is 12.2. The molecule has 1 aliphatic carbocycles. The minimum Gasteiger partial charge on any atom is -0.165 e. The Bertz CT molecular complexity index is 552. The molecule has 0 N–H and O–H groups in total. The van der Waals surface area contributed by atoms with E-state index in [1.165, 1.54) is 35.6 Å². The van der Waals surface area contributed by atoms with E-state index in [1.807, 2.05) is 0 Å². The number of hydrogen-bond donors (Lipinski definition) is 0. The average Bonchev–Trinajstić information content (AvgIpc) is 2.74. The molecule has 0 saturated heterocycles. The first kappa shape index (κ1) is 15.1. The molecule has 3 atom stereocenters. The molecule has 1 heteroatoms. The van der Waals surface area contributed by atoms with Crippen LogP contribution in [0.3, 0.4) is 0 Å². The van der Waals surface area contributed by atoms with Gasteiger partial charge in [0.25, 0.3) is 0 Å². The van der Waals surface area contributed by atoms with Crippen LogP contribution in [-0.4, -0.2) is 0 Å². The van der Waals surface area contributed by atoms with Crippen LogP contribution in [0.1, 0.15) is 50.2 Å². The van der Waals surface area contributed by atoms with Crippen LogP contribution in [-0.2, 0) is 26.2 Å². The van der Waals surface area contributed by atoms with E-state index >= 15 is 0 Å². The van der Waals surface area contributed by atoms with Gasteiger partial charge in [-0.2, -0.15) is 6.07 Å². The maximum Gasteiger partial charge on any atom is 0 e. The molecule has 1 aliphatic rings. The zero-order valence-corrected chi connectivity index (χ0v) is 14.7. The van der Waals surface area contributed by atoms with Crippen LogP contribution in [0.5, 0.6) is 0 Å². The number of rotatable bonds is 1. The second-order valence-corrected chi connectivity index (χ2v) is 6.37. The van der Waals surface area contributed by atoms with Crippen LogP contribution >= 0.6 is 0 Å². The Kier molecular flexibility index (Phi) is 4.77. The molecular formula is C18H23Zr-. The van der Waals surface area contributed by atoms with Crippen molar-refractivity contribution < 1.29 is 26.2 Å². The first-order valence-electron chi connectivity index (χ1n) is 7.31. The maximum absolute atomic E-state index is 2.45. The molecule has 1 saturated carbocycles. The third kappa shape index (κ3) is 2.92. The van der Waals surface area contributed by atoms with E-state index < -0.39 is 0 Å². The van der Waals surface area contributed by atoms with Gasteiger partial charge >= 0.3 is 0 Å². The maximum atomic E-state index is 2.45. The van der Waals surface area contributed by atoms with Gasteiger partial charge in [-0.3, -0.25) is 0 Å². The van der Waals surface area contributed by atoms with Crippen molar-refractivity contribution in [2.75, 3.05) is 0 Å². The Balaban J connectivity index is 0.00000133. The van der Waals surface area contributed by atoms with Gasteiger partial charge in [0.2, 0.25) is 0 Å². The Morgan fingerprint density at radius 2 is 1.95 bits per heavy atom. The fourth-order valence-electron chi connectivity index (χ4n) is 3.79. The normalized spacial score (nSPS) is 27.2. The molecule has 0 nitrogen and oxygen atoms in total. The SMILES string of the molecule is Cc1cccc2cc(C3CCC(C)CC3C)[cH-]c12.[Zr]. The molecule has 0 aliphatic heterocycles. The second-order valence-electron chi connectivity index (χ2n) is 6.37. The van der Waals surface area contributed by atoms with Gasteiger partial charge in [0.1, 0.15) is 0 Å². The van der Waals surface area contributed by atoms with Gasteiger partial charge < -0.3 is 0 Å². The van der Waals surface area contributed by atoms with Crippen molar-refractivity contribution in [1.82, 2.24) is 0 Å². The first-order valence-corrected chi connectivity index (χ1v) is 7.31. The molecule has 0 aromatic heterocycles. The van der Waals surface area contributed by atoms with E-state index in [4.69, 9.17) is 0 Å². The molecule has 0 heterocycles. The molecule has 0 bridgehead atoms. The van der Waals surface area contributed by atoms with Gasteiger partial charge in [-0.25, -0.2) is 0 Å². The van der Waals surface area contributed by atoms with Gasteiger partial charge in [0, 0.05) is 26.2 Å². The Morgan fingerprint density at radius 1 is 1.16 bits per heavy atom. The van der Waals surface area contributed by atoms with Crippen molar-refractivity contribution >= 4 is 10.8 Å². The van der Waals surface area contributed by atoms with Gasteiger partial charge in [-0.05, 0) is 30.6 Å². The van der Waals surface area contributed by atoms with Crippen LogP contribution in [0.25, 0.3) is 10.8 Å². The van der Waals surface area contributed by atoms with Gasteiger partial charge in [0.05, 0.1) is 0 Å². The summed E-state index contributed by atoms with van der Waals surface area (Å²) in [5, 5.41) is 2.88. The minimum atomic E-state index is 0. The second kappa shape index (κ2) is 6.00. The number of benzene rings is 1. The molecule has 2 aromatic carbocycles. The van der Waals surface area contributed by atoms with Crippen molar-refractivity contribution in [1.29, 1.82) is 0 Å². The summed E-state index contributed by atoms with van der Waals surface area (Å²) < 4.78 is 0. The fourth-order valence-corrected chi connectivity index (χ4v) is 3.79. The van der Waals surface area contributed by atoms with Crippen molar-refractivity contribution in [3.05, 3.63) is 41.5 Å². The summed E-state index contributed by atoms with van der Waals surface area (Å²) in [7, 11) is 0. The molecule has 2 aromatic rings. The molecule has 0 radical (unpaired) electrons. The molecule has 3 unspecified atom stereocenters. The van der Waals surface area contributed by atoms with Crippen LogP contribution < -0.4 is 0 Å². The van der Waals surface area contributed by atoms with Crippen LogP contribution in [0.4, 0.5) is 0 Å². The smallest absolute Gasteiger partial charge is 0 e. The molecule has 3 rings (SSSR count). The molecular weight excluding hydrogens is 307 g/mol. The summed E-state index contributed by atoms with van der Waals surface area (Å²) in [5.74, 6) is 2.54. The van der Waals surface area contributed by atoms with E-state index in [1.54, 1.807) is 5.56 Å². The van der Waals surface area contributed by atoms with Gasteiger partial charge in [0.15, 0.2) is 0 Å². The summed E-state index contributed by atoms with van der Waals surface area (Å²) in [4.78, 5) is 0. The molecule has 100 valence electrons. The van der Waals surface area contributed by atoms with Crippen LogP contribution in [0, 0.1) is 18.8 Å². The summed E-state index contributed by atoms with van der Waals surface area (Å²) in [6.45, 7) is 7.06. The quantitative estimate of drug-likeness (QED) is 0.614. The topological polar surface area (TPSA) is 0 Å². The summed E-state index contributed by atoms with van der Waals surface area (Å²) in [5.41, 5.74) is 2.99. The van der Waals surface area contributed by atoms with Crippen molar-refractivity contribution in [3.8, 4) is 0 Å². The standard InChI is InChI=1S/C18H23.Zr/c1-12-7-8-17(14(3)9-12)16-10-15-6-4-5-13(2)18(15)11-16;/h4-6,10-12,14,17H,7-9H2,1-3H3;/q-1;. The van der Waals surface area contributed by atoms with Crippen LogP contribution in [0.2, 0.25) is 0 Å². The van der Waals surface area contributed by atoms with Gasteiger partial charge in [-0.1, -0.05) is 33.3 Å². The van der Waals surface area contributed by atoms with Crippen molar-refractivity contribution in [2.24, 2.45) is 11.8 Å². The molecule has 0 amide bonds. The van der Waals surface area contributed by atoms with Gasteiger partial charge in [-0.15, -0.1) is 40.1 Å². The van der Waals surface area contributed by atoms with E-state index in [9.17, 15) is 0 Å². The molecule has 19 heavy (non-hydrogen) atoms. The summed E-state index contributed by atoms with van der Waals surface area (Å²) in [6.07, 6.45) is 4.17. The zero-order chi connectivity index (χ0) is 12.7. The van der Waals surface area contributed by atoms with E-state index in [2.05, 4.69) is 51.1 Å². The van der Waals surface area contributed by atoms with Crippen molar-refractivity contribution in [2.45, 2.75) is 46.0 Å². The van der Waals surface area contributed by atoms with E-state index in [-0.39, 0.29) is 26.2 Å². The third-order valence-corrected chi connectivity index (χ3v) is 4.85. The first-order chi connectivity index (χ1) is 8.65. The number of aryl methyl sites for hydroxylation is 1. The van der Waals surface area contributed by atoms with Crippen LogP contribution in [0.15, 0.2) is 30.3 Å². The summed E-state index contributed by atoms with van der Waals surface area (Å²) in [6, 6.07) is 11.5. The van der Waals surface area contributed by atoms with E-state index in [0.717, 1.165) is 17.8 Å². The summed E-state index contributed by atoms with van der Waals surface area (Å²) >= 11 is 0. The molecule has 0 spiro atoms. The monoisotopic (exact) mass is 329 g/mol. The predicted molar refractivity (Wildman–Crippen MR) is 79.2 cm³/mol. The third-order valence-electron chi connectivity index (χ3n) is 4.85. The predicted octanol–water partition coefficient (Wildman–Crippen LogP) is 5.40. The average molecular weight is 331 g/mol. The Hall–Kier alpha value is -0.287. The fraction of sp³-hybridized carbons (Fsp3) is 0.500. The Morgan fingerprint density at radius 3 is 2.63 bits per heavy atom. The van der Waals surface area contributed by atoms with Crippen molar-refractivity contribution in [3.63, 3.8) is 0 Å². The minimum absolute atomic E-state index is 0. The molecule has 1 fully saturated rings. The largest absolute Gasteiger partial charge is 0.165 e. The number of hydrogen-bond acceptors (Lipinski definition) is 0. The van der Waals surface area contributed by atoms with E-state index in [0.29, 0.717) is 0 Å².